The minimum absolute atomic E-state index is 0.744. The van der Waals surface area contributed by atoms with Crippen LogP contribution in [0.5, 0.6) is 0 Å². The quantitative estimate of drug-likeness (QED) is 0.474. The normalized spacial score (nSPS) is 10.8. The lowest BCUT2D eigenvalue weighted by Gasteiger charge is -2.10. The van der Waals surface area contributed by atoms with Gasteiger partial charge in [-0.15, -0.1) is 11.8 Å². The van der Waals surface area contributed by atoms with E-state index in [2.05, 4.69) is 25.0 Å². The van der Waals surface area contributed by atoms with Crippen molar-refractivity contribution in [1.29, 1.82) is 0 Å². The van der Waals surface area contributed by atoms with Gasteiger partial charge in [-0.1, -0.05) is 50.2 Å². The van der Waals surface area contributed by atoms with Gasteiger partial charge >= 0.3 is 0 Å². The summed E-state index contributed by atoms with van der Waals surface area (Å²) in [7, 11) is 0. The second kappa shape index (κ2) is 11.1. The number of benzene rings is 2. The third-order valence-electron chi connectivity index (χ3n) is 3.94. The fraction of sp³-hybridized carbons (Fsp3) is 0.261. The Morgan fingerprint density at radius 2 is 1.73 bits per heavy atom. The van der Waals surface area contributed by atoms with Gasteiger partial charge in [0.05, 0.1) is 0 Å². The van der Waals surface area contributed by atoms with Crippen molar-refractivity contribution < 1.29 is 4.79 Å². The van der Waals surface area contributed by atoms with Gasteiger partial charge in [-0.2, -0.15) is 0 Å². The van der Waals surface area contributed by atoms with Crippen LogP contribution in [0.25, 0.3) is 5.57 Å². The largest absolute Gasteiger partial charge is 0.298 e. The molecule has 0 aliphatic rings. The average Bonchev–Trinajstić information content (AvgIpc) is 2.64. The van der Waals surface area contributed by atoms with Gasteiger partial charge in [-0.05, 0) is 77.1 Å². The third kappa shape index (κ3) is 6.51. The van der Waals surface area contributed by atoms with E-state index in [0.717, 1.165) is 44.9 Å². The molecule has 0 spiro atoms. The molecule has 1 nitrogen and oxygen atoms in total. The van der Waals surface area contributed by atoms with E-state index >= 15 is 0 Å². The van der Waals surface area contributed by atoms with Gasteiger partial charge in [0, 0.05) is 17.0 Å². The topological polar surface area (TPSA) is 17.1 Å². The zero-order chi connectivity index (χ0) is 19.7. The summed E-state index contributed by atoms with van der Waals surface area (Å²) in [5.74, 6) is 0. The first kappa shape index (κ1) is 22.3. The number of hydrogen-bond donors (Lipinski definition) is 0. The summed E-state index contributed by atoms with van der Waals surface area (Å²) in [6, 6.07) is 11.9. The van der Waals surface area contributed by atoms with E-state index in [4.69, 9.17) is 11.6 Å². The van der Waals surface area contributed by atoms with E-state index in [0.29, 0.717) is 0 Å². The first-order valence-electron chi connectivity index (χ1n) is 8.73. The van der Waals surface area contributed by atoms with E-state index in [1.165, 1.54) is 11.1 Å². The number of carbonyl (C=O) groups excluding carboxylic acids is 1. The van der Waals surface area contributed by atoms with Crippen molar-refractivity contribution in [2.75, 3.05) is 0 Å². The average molecular weight is 387 g/mol. The molecular weight excluding hydrogens is 360 g/mol. The third-order valence-corrected chi connectivity index (χ3v) is 5.14. The highest BCUT2D eigenvalue weighted by Gasteiger charge is 2.06. The predicted molar refractivity (Wildman–Crippen MR) is 118 cm³/mol. The van der Waals surface area contributed by atoms with E-state index in [9.17, 15) is 4.79 Å². The zero-order valence-corrected chi connectivity index (χ0v) is 17.8. The van der Waals surface area contributed by atoms with Crippen molar-refractivity contribution >= 4 is 35.2 Å². The summed E-state index contributed by atoms with van der Waals surface area (Å²) in [4.78, 5) is 12.1. The number of allylic oxidation sites excluding steroid dienone is 2. The molecule has 0 aliphatic heterocycles. The summed E-state index contributed by atoms with van der Waals surface area (Å²) in [5, 5.41) is 2.86. The minimum Gasteiger partial charge on any atom is -0.298 e. The molecule has 3 heteroatoms. The van der Waals surface area contributed by atoms with Crippen LogP contribution >= 0.6 is 23.4 Å². The molecule has 0 saturated carbocycles. The molecule has 0 radical (unpaired) electrons. The lowest BCUT2D eigenvalue weighted by molar-refractivity contribution is 0.112. The number of thioether (sulfide) groups is 1. The first-order valence-corrected chi connectivity index (χ1v) is 9.99. The Kier molecular flexibility index (Phi) is 9.47. The Morgan fingerprint density at radius 3 is 2.31 bits per heavy atom. The Hall–Kier alpha value is -1.77. The van der Waals surface area contributed by atoms with Crippen molar-refractivity contribution in [3.63, 3.8) is 0 Å². The number of rotatable bonds is 6. The molecule has 2 aromatic carbocycles. The summed E-state index contributed by atoms with van der Waals surface area (Å²) in [5.41, 5.74) is 6.45. The monoisotopic (exact) mass is 386 g/mol. The molecule has 0 aromatic heterocycles. The number of halogens is 1. The van der Waals surface area contributed by atoms with Gasteiger partial charge in [0.15, 0.2) is 0 Å². The Balaban J connectivity index is 0.00000163. The smallest absolute Gasteiger partial charge is 0.150 e. The SMILES string of the molecule is C=C(Cc1cc(C)c(C=O)cc1C)S/C=C(\C)c1ccc(Cl)cc1.CC. The molecular formula is C23H27ClOS. The van der Waals surface area contributed by atoms with Gasteiger partial charge in [0.25, 0.3) is 0 Å². The van der Waals surface area contributed by atoms with Crippen LogP contribution in [0, 0.1) is 13.8 Å². The van der Waals surface area contributed by atoms with Crippen molar-refractivity contribution in [3.8, 4) is 0 Å². The van der Waals surface area contributed by atoms with Crippen LogP contribution in [0.2, 0.25) is 5.02 Å². The van der Waals surface area contributed by atoms with E-state index in [1.54, 1.807) is 11.8 Å². The molecule has 0 heterocycles. The highest BCUT2D eigenvalue weighted by atomic mass is 35.5. The molecule has 0 aliphatic carbocycles. The molecule has 138 valence electrons. The lowest BCUT2D eigenvalue weighted by atomic mass is 9.98. The maximum absolute atomic E-state index is 11.0. The molecule has 0 N–H and O–H groups in total. The minimum atomic E-state index is 0.744. The van der Waals surface area contributed by atoms with Gasteiger partial charge in [0.2, 0.25) is 0 Å². The first-order chi connectivity index (χ1) is 12.4. The second-order valence-corrected chi connectivity index (χ2v) is 7.38. The van der Waals surface area contributed by atoms with Gasteiger partial charge in [0.1, 0.15) is 6.29 Å². The molecule has 0 amide bonds. The molecule has 0 bridgehead atoms. The van der Waals surface area contributed by atoms with Crippen LogP contribution in [0.1, 0.15) is 53.4 Å². The predicted octanol–water partition coefficient (Wildman–Crippen LogP) is 7.65. The van der Waals surface area contributed by atoms with Crippen molar-refractivity contribution in [2.45, 2.75) is 41.0 Å². The Labute approximate surface area is 167 Å². The highest BCUT2D eigenvalue weighted by molar-refractivity contribution is 8.05. The standard InChI is InChI=1S/C21H21ClOS.C2H6/c1-14-10-20(12-23)15(2)9-19(14)11-17(4)24-13-16(3)18-5-7-21(22)8-6-18;1-2/h5-10,12-13H,4,11H2,1-3H3;1-2H3/b16-13+;. The Morgan fingerprint density at radius 1 is 1.12 bits per heavy atom. The molecule has 0 atom stereocenters. The van der Waals surface area contributed by atoms with Crippen LogP contribution in [0.15, 0.2) is 53.3 Å². The maximum atomic E-state index is 11.0. The lowest BCUT2D eigenvalue weighted by Crippen LogP contribution is -1.95. The summed E-state index contributed by atoms with van der Waals surface area (Å²) in [6.45, 7) is 14.3. The van der Waals surface area contributed by atoms with Gasteiger partial charge in [-0.3, -0.25) is 4.79 Å². The molecule has 2 rings (SSSR count). The molecule has 0 saturated heterocycles. The summed E-state index contributed by atoms with van der Waals surface area (Å²) in [6.07, 6.45) is 1.70. The van der Waals surface area contributed by atoms with E-state index in [1.807, 2.05) is 58.0 Å². The van der Waals surface area contributed by atoms with Crippen LogP contribution in [-0.2, 0) is 6.42 Å². The molecule has 2 aromatic rings. The van der Waals surface area contributed by atoms with Gasteiger partial charge in [-0.25, -0.2) is 0 Å². The van der Waals surface area contributed by atoms with Crippen LogP contribution in [0.4, 0.5) is 0 Å². The fourth-order valence-electron chi connectivity index (χ4n) is 2.42. The van der Waals surface area contributed by atoms with Gasteiger partial charge < -0.3 is 0 Å². The van der Waals surface area contributed by atoms with Crippen LogP contribution in [0.3, 0.4) is 0 Å². The summed E-state index contributed by atoms with van der Waals surface area (Å²) < 4.78 is 0. The maximum Gasteiger partial charge on any atom is 0.150 e. The van der Waals surface area contributed by atoms with Crippen LogP contribution < -0.4 is 0 Å². The van der Waals surface area contributed by atoms with Crippen molar-refractivity contribution in [1.82, 2.24) is 0 Å². The Bertz CT molecular complexity index is 789. The van der Waals surface area contributed by atoms with E-state index in [-0.39, 0.29) is 0 Å². The highest BCUT2D eigenvalue weighted by Crippen LogP contribution is 2.27. The van der Waals surface area contributed by atoms with Crippen LogP contribution in [-0.4, -0.2) is 6.29 Å². The molecule has 0 unspecified atom stereocenters. The number of hydrogen-bond acceptors (Lipinski definition) is 2. The van der Waals surface area contributed by atoms with Crippen molar-refractivity contribution in [3.05, 3.63) is 86.1 Å². The molecule has 26 heavy (non-hydrogen) atoms. The number of aldehydes is 1. The molecule has 0 fully saturated rings. The zero-order valence-electron chi connectivity index (χ0n) is 16.2. The fourth-order valence-corrected chi connectivity index (χ4v) is 3.27. The van der Waals surface area contributed by atoms with Crippen molar-refractivity contribution in [2.24, 2.45) is 0 Å². The number of carbonyl (C=O) groups is 1. The summed E-state index contributed by atoms with van der Waals surface area (Å²) >= 11 is 7.57. The number of aryl methyl sites for hydroxylation is 2. The second-order valence-electron chi connectivity index (χ2n) is 5.89. The van der Waals surface area contributed by atoms with E-state index < -0.39 is 0 Å².